The van der Waals surface area contributed by atoms with Crippen molar-refractivity contribution in [3.05, 3.63) is 42.0 Å². The molecule has 2 aliphatic heterocycles. The lowest BCUT2D eigenvalue weighted by atomic mass is 9.91. The van der Waals surface area contributed by atoms with Gasteiger partial charge in [0.25, 0.3) is 0 Å². The van der Waals surface area contributed by atoms with Crippen LogP contribution >= 0.6 is 0 Å². The Hall–Kier alpha value is -2.71. The Balaban J connectivity index is 1.36. The van der Waals surface area contributed by atoms with Gasteiger partial charge in [0.15, 0.2) is 0 Å². The molecule has 0 amide bonds. The average molecular weight is 450 g/mol. The molecule has 0 bridgehead atoms. The summed E-state index contributed by atoms with van der Waals surface area (Å²) in [7, 11) is 0. The van der Waals surface area contributed by atoms with Crippen molar-refractivity contribution in [2.75, 3.05) is 36.5 Å². The molecule has 8 heteroatoms. The third kappa shape index (κ3) is 4.82. The normalized spacial score (nSPS) is 20.8. The summed E-state index contributed by atoms with van der Waals surface area (Å²) < 4.78 is 5.56. The summed E-state index contributed by atoms with van der Waals surface area (Å²) in [6.45, 7) is 13.1. The van der Waals surface area contributed by atoms with E-state index in [9.17, 15) is 0 Å². The Morgan fingerprint density at radius 1 is 1.09 bits per heavy atom. The van der Waals surface area contributed by atoms with Gasteiger partial charge < -0.3 is 25.3 Å². The molecule has 2 aliphatic rings. The number of nitrogens with zero attached hydrogens (tertiary/aromatic N) is 4. The Morgan fingerprint density at radius 3 is 2.61 bits per heavy atom. The van der Waals surface area contributed by atoms with Gasteiger partial charge in [-0.1, -0.05) is 6.07 Å². The zero-order valence-electron chi connectivity index (χ0n) is 20.1. The van der Waals surface area contributed by atoms with Gasteiger partial charge in [-0.2, -0.15) is 0 Å². The van der Waals surface area contributed by atoms with E-state index in [0.717, 1.165) is 67.5 Å². The van der Waals surface area contributed by atoms with E-state index in [2.05, 4.69) is 82.6 Å². The van der Waals surface area contributed by atoms with Crippen molar-refractivity contribution in [1.82, 2.24) is 25.3 Å². The zero-order chi connectivity index (χ0) is 23.1. The number of rotatable bonds is 5. The minimum Gasteiger partial charge on any atom is -0.381 e. The third-order valence-electron chi connectivity index (χ3n) is 6.56. The zero-order valence-corrected chi connectivity index (χ0v) is 20.1. The van der Waals surface area contributed by atoms with Gasteiger partial charge in [0.1, 0.15) is 23.6 Å². The molecule has 33 heavy (non-hydrogen) atoms. The predicted octanol–water partition coefficient (Wildman–Crippen LogP) is 3.83. The van der Waals surface area contributed by atoms with Crippen LogP contribution in [0, 0.1) is 0 Å². The second-order valence-corrected chi connectivity index (χ2v) is 10.7. The Kier molecular flexibility index (Phi) is 5.74. The molecule has 0 spiro atoms. The monoisotopic (exact) mass is 449 g/mol. The number of hydrogen-bond donors (Lipinski definition) is 3. The SMILES string of the molecule is CC1(C)CN(c2cccc(CNc3ncnc4[nH]cc(C5CCOCC5)c34)n2)CC(C)(C)N1. The van der Waals surface area contributed by atoms with E-state index < -0.39 is 0 Å². The first-order chi connectivity index (χ1) is 15.8. The molecule has 0 saturated carbocycles. The highest BCUT2D eigenvalue weighted by atomic mass is 16.5. The molecule has 5 rings (SSSR count). The van der Waals surface area contributed by atoms with E-state index in [1.807, 2.05) is 0 Å². The maximum Gasteiger partial charge on any atom is 0.143 e. The minimum atomic E-state index is 0.0269. The van der Waals surface area contributed by atoms with Crippen LogP contribution in [-0.4, -0.2) is 57.3 Å². The predicted molar refractivity (Wildman–Crippen MR) is 132 cm³/mol. The van der Waals surface area contributed by atoms with Crippen molar-refractivity contribution < 1.29 is 4.74 Å². The smallest absolute Gasteiger partial charge is 0.143 e. The van der Waals surface area contributed by atoms with Crippen LogP contribution in [0.25, 0.3) is 11.0 Å². The summed E-state index contributed by atoms with van der Waals surface area (Å²) in [5.41, 5.74) is 3.21. The standard InChI is InChI=1S/C25H35N7O/c1-24(2)14-32(15-25(3,4)31-24)20-7-5-6-18(30-20)12-26-22-21-19(17-8-10-33-11-9-17)13-27-23(21)29-16-28-22/h5-7,13,16-17,31H,8-12,14-15H2,1-4H3,(H2,26,27,28,29). The van der Waals surface area contributed by atoms with Gasteiger partial charge in [-0.3, -0.25) is 0 Å². The number of aromatic amines is 1. The number of nitrogens with one attached hydrogen (secondary N) is 3. The lowest BCUT2D eigenvalue weighted by Gasteiger charge is -2.48. The second-order valence-electron chi connectivity index (χ2n) is 10.7. The highest BCUT2D eigenvalue weighted by Gasteiger charge is 2.37. The van der Waals surface area contributed by atoms with Crippen LogP contribution in [0.4, 0.5) is 11.6 Å². The number of hydrogen-bond acceptors (Lipinski definition) is 7. The average Bonchev–Trinajstić information content (AvgIpc) is 3.21. The van der Waals surface area contributed by atoms with E-state index in [4.69, 9.17) is 9.72 Å². The maximum atomic E-state index is 5.56. The molecule has 0 aliphatic carbocycles. The highest BCUT2D eigenvalue weighted by Crippen LogP contribution is 2.35. The van der Waals surface area contributed by atoms with E-state index in [1.54, 1.807) is 6.33 Å². The van der Waals surface area contributed by atoms with Gasteiger partial charge in [-0.25, -0.2) is 15.0 Å². The van der Waals surface area contributed by atoms with E-state index >= 15 is 0 Å². The first kappa shape index (κ1) is 22.1. The summed E-state index contributed by atoms with van der Waals surface area (Å²) in [4.78, 5) is 19.7. The van der Waals surface area contributed by atoms with Crippen LogP contribution < -0.4 is 15.5 Å². The molecule has 0 atom stereocenters. The summed E-state index contributed by atoms with van der Waals surface area (Å²) in [5, 5.41) is 8.36. The van der Waals surface area contributed by atoms with Gasteiger partial charge in [-0.05, 0) is 64.2 Å². The molecule has 3 N–H and O–H groups in total. The van der Waals surface area contributed by atoms with Crippen molar-refractivity contribution >= 4 is 22.7 Å². The molecule has 0 unspecified atom stereocenters. The van der Waals surface area contributed by atoms with E-state index in [-0.39, 0.29) is 11.1 Å². The van der Waals surface area contributed by atoms with Gasteiger partial charge in [0, 0.05) is 43.6 Å². The van der Waals surface area contributed by atoms with E-state index in [1.165, 1.54) is 5.56 Å². The fourth-order valence-corrected chi connectivity index (χ4v) is 5.53. The van der Waals surface area contributed by atoms with Gasteiger partial charge >= 0.3 is 0 Å². The van der Waals surface area contributed by atoms with Crippen molar-refractivity contribution in [1.29, 1.82) is 0 Å². The van der Waals surface area contributed by atoms with Crippen molar-refractivity contribution in [2.24, 2.45) is 0 Å². The number of pyridine rings is 1. The number of anilines is 2. The van der Waals surface area contributed by atoms with Crippen LogP contribution in [0.5, 0.6) is 0 Å². The third-order valence-corrected chi connectivity index (χ3v) is 6.56. The Labute approximate surface area is 195 Å². The maximum absolute atomic E-state index is 5.56. The number of aromatic nitrogens is 4. The van der Waals surface area contributed by atoms with Crippen LogP contribution in [0.2, 0.25) is 0 Å². The Morgan fingerprint density at radius 2 is 1.85 bits per heavy atom. The van der Waals surface area contributed by atoms with Crippen LogP contribution in [0.1, 0.15) is 57.7 Å². The molecule has 2 saturated heterocycles. The lowest BCUT2D eigenvalue weighted by Crippen LogP contribution is -2.67. The molecule has 2 fully saturated rings. The molecule has 5 heterocycles. The lowest BCUT2D eigenvalue weighted by molar-refractivity contribution is 0.0856. The molecular weight excluding hydrogens is 414 g/mol. The Bertz CT molecular complexity index is 1100. The van der Waals surface area contributed by atoms with Crippen LogP contribution in [0.15, 0.2) is 30.7 Å². The van der Waals surface area contributed by atoms with Crippen molar-refractivity contribution in [2.45, 2.75) is 64.1 Å². The molecular formula is C25H35N7O. The number of piperazine rings is 1. The second kappa shape index (κ2) is 8.57. The molecule has 0 aromatic carbocycles. The molecule has 176 valence electrons. The topological polar surface area (TPSA) is 91.0 Å². The van der Waals surface area contributed by atoms with Crippen molar-refractivity contribution in [3.8, 4) is 0 Å². The van der Waals surface area contributed by atoms with Crippen molar-refractivity contribution in [3.63, 3.8) is 0 Å². The van der Waals surface area contributed by atoms with Crippen LogP contribution in [0.3, 0.4) is 0 Å². The number of ether oxygens (including phenoxy) is 1. The van der Waals surface area contributed by atoms with E-state index in [0.29, 0.717) is 12.5 Å². The number of H-pyrrole nitrogens is 1. The quantitative estimate of drug-likeness (QED) is 0.545. The molecule has 3 aromatic rings. The van der Waals surface area contributed by atoms with Gasteiger partial charge in [0.05, 0.1) is 17.6 Å². The molecule has 0 radical (unpaired) electrons. The largest absolute Gasteiger partial charge is 0.381 e. The molecule has 8 nitrogen and oxygen atoms in total. The number of fused-ring (bicyclic) bond motifs is 1. The summed E-state index contributed by atoms with van der Waals surface area (Å²) in [6.07, 6.45) is 5.77. The molecule has 3 aromatic heterocycles. The first-order valence-electron chi connectivity index (χ1n) is 11.9. The summed E-state index contributed by atoms with van der Waals surface area (Å²) in [5.74, 6) is 2.36. The summed E-state index contributed by atoms with van der Waals surface area (Å²) in [6, 6.07) is 6.28. The fourth-order valence-electron chi connectivity index (χ4n) is 5.53. The van der Waals surface area contributed by atoms with Crippen LogP contribution in [-0.2, 0) is 11.3 Å². The minimum absolute atomic E-state index is 0.0269. The summed E-state index contributed by atoms with van der Waals surface area (Å²) >= 11 is 0. The van der Waals surface area contributed by atoms with Gasteiger partial charge in [-0.15, -0.1) is 0 Å². The fraction of sp³-hybridized carbons (Fsp3) is 0.560. The highest BCUT2D eigenvalue weighted by molar-refractivity contribution is 5.90. The first-order valence-corrected chi connectivity index (χ1v) is 11.9. The van der Waals surface area contributed by atoms with Gasteiger partial charge in [0.2, 0.25) is 0 Å².